The van der Waals surface area contributed by atoms with Crippen LogP contribution in [-0.4, -0.2) is 23.7 Å². The quantitative estimate of drug-likeness (QED) is 0.888. The van der Waals surface area contributed by atoms with E-state index in [1.54, 1.807) is 0 Å². The van der Waals surface area contributed by atoms with Gasteiger partial charge in [-0.05, 0) is 31.4 Å². The third-order valence-corrected chi connectivity index (χ3v) is 3.85. The topological polar surface area (TPSA) is 40.5 Å². The Bertz CT molecular complexity index is 442. The van der Waals surface area contributed by atoms with Gasteiger partial charge in [-0.2, -0.15) is 0 Å². The van der Waals surface area contributed by atoms with E-state index in [4.69, 9.17) is 5.11 Å². The number of para-hydroxylation sites is 1. The second-order valence-corrected chi connectivity index (χ2v) is 5.49. The van der Waals surface area contributed by atoms with Crippen LogP contribution in [0.2, 0.25) is 0 Å². The van der Waals surface area contributed by atoms with Gasteiger partial charge in [0.2, 0.25) is 0 Å². The fourth-order valence-electron chi connectivity index (χ4n) is 2.86. The van der Waals surface area contributed by atoms with Crippen molar-refractivity contribution in [2.24, 2.45) is 5.92 Å². The van der Waals surface area contributed by atoms with Gasteiger partial charge in [0, 0.05) is 30.6 Å². The van der Waals surface area contributed by atoms with Crippen molar-refractivity contribution >= 4 is 11.7 Å². The van der Waals surface area contributed by atoms with Gasteiger partial charge in [0.25, 0.3) is 0 Å². The third-order valence-electron chi connectivity index (χ3n) is 3.85. The molecule has 0 bridgehead atoms. The predicted molar refractivity (Wildman–Crippen MR) is 73.1 cm³/mol. The fraction of sp³-hybridized carbons (Fsp3) is 0.533. The number of aliphatic carboxylic acids is 1. The average molecular weight is 247 g/mol. The molecule has 0 spiro atoms. The molecule has 1 aromatic rings. The predicted octanol–water partition coefficient (Wildman–Crippen LogP) is 3.11. The normalized spacial score (nSPS) is 20.0. The summed E-state index contributed by atoms with van der Waals surface area (Å²) in [5, 5.41) is 8.95. The molecule has 1 N–H and O–H groups in total. The second kappa shape index (κ2) is 5.01. The largest absolute Gasteiger partial charge is 0.481 e. The van der Waals surface area contributed by atoms with Crippen LogP contribution in [0.15, 0.2) is 24.3 Å². The van der Waals surface area contributed by atoms with Crippen LogP contribution < -0.4 is 4.90 Å². The molecule has 0 saturated heterocycles. The summed E-state index contributed by atoms with van der Waals surface area (Å²) >= 11 is 0. The molecule has 2 atom stereocenters. The number of carboxylic acid groups (broad SMARTS) is 1. The van der Waals surface area contributed by atoms with Crippen molar-refractivity contribution in [3.05, 3.63) is 29.8 Å². The fourth-order valence-corrected chi connectivity index (χ4v) is 2.86. The van der Waals surface area contributed by atoms with E-state index in [1.165, 1.54) is 11.3 Å². The molecule has 2 rings (SSSR count). The van der Waals surface area contributed by atoms with Crippen molar-refractivity contribution in [1.29, 1.82) is 0 Å². The highest BCUT2D eigenvalue weighted by Crippen LogP contribution is 2.41. The molecule has 18 heavy (non-hydrogen) atoms. The highest BCUT2D eigenvalue weighted by molar-refractivity contribution is 5.68. The maximum absolute atomic E-state index is 10.9. The van der Waals surface area contributed by atoms with E-state index in [0.29, 0.717) is 12.0 Å². The molecular formula is C15H21NO2. The molecule has 1 heterocycles. The first-order valence-corrected chi connectivity index (χ1v) is 6.58. The summed E-state index contributed by atoms with van der Waals surface area (Å²) < 4.78 is 0. The van der Waals surface area contributed by atoms with Gasteiger partial charge in [0.15, 0.2) is 0 Å². The van der Waals surface area contributed by atoms with Crippen molar-refractivity contribution in [3.63, 3.8) is 0 Å². The smallest absolute Gasteiger partial charge is 0.303 e. The van der Waals surface area contributed by atoms with Gasteiger partial charge in [0.1, 0.15) is 0 Å². The molecule has 3 heteroatoms. The molecule has 1 aliphatic heterocycles. The van der Waals surface area contributed by atoms with Crippen molar-refractivity contribution in [2.75, 3.05) is 11.4 Å². The number of carboxylic acids is 1. The first-order valence-electron chi connectivity index (χ1n) is 6.58. The van der Waals surface area contributed by atoms with E-state index >= 15 is 0 Å². The molecule has 0 amide bonds. The number of hydrogen-bond donors (Lipinski definition) is 1. The lowest BCUT2D eigenvalue weighted by molar-refractivity contribution is -0.138. The van der Waals surface area contributed by atoms with Crippen molar-refractivity contribution in [1.82, 2.24) is 0 Å². The number of carbonyl (C=O) groups is 1. The number of benzene rings is 1. The molecule has 0 saturated carbocycles. The Morgan fingerprint density at radius 2 is 2.06 bits per heavy atom. The molecule has 3 nitrogen and oxygen atoms in total. The number of anilines is 1. The first-order chi connectivity index (χ1) is 8.50. The number of fused-ring (bicyclic) bond motifs is 1. The molecule has 2 unspecified atom stereocenters. The zero-order valence-electron chi connectivity index (χ0n) is 11.3. The minimum absolute atomic E-state index is 0.174. The van der Waals surface area contributed by atoms with Crippen molar-refractivity contribution in [2.45, 2.75) is 39.2 Å². The Hall–Kier alpha value is -1.51. The first kappa shape index (κ1) is 12.9. The summed E-state index contributed by atoms with van der Waals surface area (Å²) in [5.41, 5.74) is 2.58. The molecule has 0 radical (unpaired) electrons. The lowest BCUT2D eigenvalue weighted by atomic mass is 9.87. The third kappa shape index (κ3) is 2.35. The van der Waals surface area contributed by atoms with Gasteiger partial charge in [-0.1, -0.05) is 25.1 Å². The highest BCUT2D eigenvalue weighted by Gasteiger charge is 2.33. The summed E-state index contributed by atoms with van der Waals surface area (Å²) in [6.07, 6.45) is 0.241. The highest BCUT2D eigenvalue weighted by atomic mass is 16.4. The van der Waals surface area contributed by atoms with Gasteiger partial charge in [-0.25, -0.2) is 0 Å². The van der Waals surface area contributed by atoms with Crippen LogP contribution in [0.5, 0.6) is 0 Å². The van der Waals surface area contributed by atoms with E-state index in [2.05, 4.69) is 36.9 Å². The Balaban J connectivity index is 2.28. The Morgan fingerprint density at radius 1 is 1.39 bits per heavy atom. The van der Waals surface area contributed by atoms with Crippen molar-refractivity contribution in [3.8, 4) is 0 Å². The maximum Gasteiger partial charge on any atom is 0.303 e. The van der Waals surface area contributed by atoms with Crippen LogP contribution in [0.4, 0.5) is 5.69 Å². The van der Waals surface area contributed by atoms with Crippen LogP contribution in [0.3, 0.4) is 0 Å². The van der Waals surface area contributed by atoms with E-state index in [-0.39, 0.29) is 12.3 Å². The average Bonchev–Trinajstić information content (AvgIpc) is 2.67. The molecular weight excluding hydrogens is 226 g/mol. The van der Waals surface area contributed by atoms with Crippen LogP contribution in [0.25, 0.3) is 0 Å². The zero-order valence-corrected chi connectivity index (χ0v) is 11.3. The van der Waals surface area contributed by atoms with Gasteiger partial charge < -0.3 is 10.0 Å². The number of hydrogen-bond acceptors (Lipinski definition) is 2. The minimum Gasteiger partial charge on any atom is -0.481 e. The molecule has 0 aliphatic carbocycles. The lowest BCUT2D eigenvalue weighted by Crippen LogP contribution is -2.30. The van der Waals surface area contributed by atoms with Crippen LogP contribution >= 0.6 is 0 Å². The summed E-state index contributed by atoms with van der Waals surface area (Å²) in [6, 6.07) is 8.83. The standard InChI is InChI=1S/C15H21NO2/c1-10(2)16-9-13(11(3)8-15(17)18)12-6-4-5-7-14(12)16/h4-7,10-11,13H,8-9H2,1-3H3,(H,17,18). The molecule has 0 fully saturated rings. The SMILES string of the molecule is CC(CC(=O)O)C1CN(C(C)C)c2ccccc21. The lowest BCUT2D eigenvalue weighted by Gasteiger charge is -2.25. The summed E-state index contributed by atoms with van der Waals surface area (Å²) in [7, 11) is 0. The van der Waals surface area contributed by atoms with Crippen molar-refractivity contribution < 1.29 is 9.90 Å². The van der Waals surface area contributed by atoms with E-state index in [0.717, 1.165) is 6.54 Å². The molecule has 0 aromatic heterocycles. The summed E-state index contributed by atoms with van der Waals surface area (Å²) in [5.74, 6) is -0.199. The Kier molecular flexibility index (Phi) is 3.60. The molecule has 1 aliphatic rings. The van der Waals surface area contributed by atoms with Crippen LogP contribution in [0, 0.1) is 5.92 Å². The molecule has 1 aromatic carbocycles. The van der Waals surface area contributed by atoms with Gasteiger partial charge >= 0.3 is 5.97 Å². The van der Waals surface area contributed by atoms with Gasteiger partial charge in [0.05, 0.1) is 0 Å². The molecule has 98 valence electrons. The van der Waals surface area contributed by atoms with E-state index in [1.807, 2.05) is 13.0 Å². The van der Waals surface area contributed by atoms with Crippen LogP contribution in [-0.2, 0) is 4.79 Å². The number of rotatable bonds is 4. The monoisotopic (exact) mass is 247 g/mol. The minimum atomic E-state index is -0.706. The number of nitrogens with zero attached hydrogens (tertiary/aromatic N) is 1. The van der Waals surface area contributed by atoms with Crippen LogP contribution in [0.1, 0.15) is 38.7 Å². The zero-order chi connectivity index (χ0) is 13.3. The van der Waals surface area contributed by atoms with E-state index < -0.39 is 5.97 Å². The maximum atomic E-state index is 10.9. The summed E-state index contributed by atoms with van der Waals surface area (Å²) in [4.78, 5) is 13.3. The summed E-state index contributed by atoms with van der Waals surface area (Å²) in [6.45, 7) is 7.34. The second-order valence-electron chi connectivity index (χ2n) is 5.49. The van der Waals surface area contributed by atoms with E-state index in [9.17, 15) is 4.79 Å². The van der Waals surface area contributed by atoms with Gasteiger partial charge in [-0.3, -0.25) is 4.79 Å². The Labute approximate surface area is 108 Å². The Morgan fingerprint density at radius 3 is 2.67 bits per heavy atom. The van der Waals surface area contributed by atoms with Gasteiger partial charge in [-0.15, -0.1) is 0 Å².